The molecule has 0 unspecified atom stereocenters. The predicted octanol–water partition coefficient (Wildman–Crippen LogP) is 3.90. The van der Waals surface area contributed by atoms with Gasteiger partial charge in [0.15, 0.2) is 0 Å². The molecule has 0 bridgehead atoms. The fourth-order valence-electron chi connectivity index (χ4n) is 2.93. The van der Waals surface area contributed by atoms with E-state index < -0.39 is 28.4 Å². The van der Waals surface area contributed by atoms with Crippen LogP contribution in [0.2, 0.25) is 0 Å². The van der Waals surface area contributed by atoms with Gasteiger partial charge in [0.1, 0.15) is 12.5 Å². The van der Waals surface area contributed by atoms with Gasteiger partial charge in [-0.1, -0.05) is 48.5 Å². The van der Waals surface area contributed by atoms with E-state index in [1.807, 2.05) is 36.4 Å². The van der Waals surface area contributed by atoms with Crippen molar-refractivity contribution in [2.24, 2.45) is 0 Å². The third-order valence-corrected chi connectivity index (χ3v) is 6.59. The Hall–Kier alpha value is -3.10. The van der Waals surface area contributed by atoms with E-state index in [9.17, 15) is 22.0 Å². The van der Waals surface area contributed by atoms with Gasteiger partial charge in [-0.05, 0) is 46.5 Å². The average molecular weight is 445 g/mol. The van der Waals surface area contributed by atoms with Crippen LogP contribution in [0.1, 0.15) is 11.1 Å². The molecule has 0 aliphatic carbocycles. The van der Waals surface area contributed by atoms with E-state index in [0.717, 1.165) is 45.3 Å². The second-order valence-electron chi connectivity index (χ2n) is 7.02. The molecule has 0 aliphatic heterocycles. The molecule has 31 heavy (non-hydrogen) atoms. The quantitative estimate of drug-likeness (QED) is 0.573. The molecule has 5 nitrogen and oxygen atoms in total. The first-order valence-corrected chi connectivity index (χ1v) is 11.0. The molecule has 0 atom stereocenters. The van der Waals surface area contributed by atoms with E-state index in [4.69, 9.17) is 0 Å². The summed E-state index contributed by atoms with van der Waals surface area (Å²) in [6.45, 7) is -0.623. The lowest BCUT2D eigenvalue weighted by Gasteiger charge is -2.17. The van der Waals surface area contributed by atoms with Crippen LogP contribution in [0.4, 0.5) is 8.78 Å². The van der Waals surface area contributed by atoms with Gasteiger partial charge in [-0.2, -0.15) is 4.31 Å². The molecule has 0 fully saturated rings. The van der Waals surface area contributed by atoms with Gasteiger partial charge in [-0.3, -0.25) is 4.79 Å². The predicted molar refractivity (Wildman–Crippen MR) is 115 cm³/mol. The van der Waals surface area contributed by atoms with Crippen LogP contribution < -0.4 is 5.32 Å². The molecule has 1 amide bonds. The molecule has 8 heteroatoms. The van der Waals surface area contributed by atoms with Crippen molar-refractivity contribution >= 4 is 15.9 Å². The minimum atomic E-state index is -3.89. The Labute approximate surface area is 180 Å². The van der Waals surface area contributed by atoms with Gasteiger partial charge in [0.2, 0.25) is 15.9 Å². The standard InChI is InChI=1S/C23H22F2N2O3S/c1-27(31(29,30)22-12-10-21(25)11-13-22)16-23(28)26-15-18-4-8-20(9-5-18)19-6-2-17(14-24)3-7-19/h2-13H,14-16H2,1H3,(H,26,28). The van der Waals surface area contributed by atoms with Gasteiger partial charge in [0, 0.05) is 13.6 Å². The second-order valence-corrected chi connectivity index (χ2v) is 9.06. The first-order valence-electron chi connectivity index (χ1n) is 9.52. The molecular formula is C23H22F2N2O3S. The van der Waals surface area contributed by atoms with E-state index in [2.05, 4.69) is 5.32 Å². The second kappa shape index (κ2) is 9.80. The van der Waals surface area contributed by atoms with Crippen LogP contribution in [-0.4, -0.2) is 32.2 Å². The van der Waals surface area contributed by atoms with Crippen LogP contribution in [0.3, 0.4) is 0 Å². The first-order chi connectivity index (χ1) is 14.8. The van der Waals surface area contributed by atoms with E-state index in [-0.39, 0.29) is 18.0 Å². The van der Waals surface area contributed by atoms with Crippen molar-refractivity contribution in [3.63, 3.8) is 0 Å². The van der Waals surface area contributed by atoms with Crippen LogP contribution in [-0.2, 0) is 28.0 Å². The zero-order valence-electron chi connectivity index (χ0n) is 16.9. The summed E-state index contributed by atoms with van der Waals surface area (Å²) in [6, 6.07) is 19.1. The van der Waals surface area contributed by atoms with E-state index in [0.29, 0.717) is 5.56 Å². The number of rotatable bonds is 8. The summed E-state index contributed by atoms with van der Waals surface area (Å²) in [4.78, 5) is 12.1. The highest BCUT2D eigenvalue weighted by molar-refractivity contribution is 7.89. The van der Waals surface area contributed by atoms with Crippen LogP contribution in [0.15, 0.2) is 77.7 Å². The van der Waals surface area contributed by atoms with Crippen LogP contribution in [0.5, 0.6) is 0 Å². The number of carbonyl (C=O) groups excluding carboxylic acids is 1. The summed E-state index contributed by atoms with van der Waals surface area (Å²) >= 11 is 0. The van der Waals surface area contributed by atoms with Crippen molar-refractivity contribution in [1.29, 1.82) is 0 Å². The third-order valence-electron chi connectivity index (χ3n) is 4.77. The third kappa shape index (κ3) is 5.74. The van der Waals surface area contributed by atoms with E-state index in [1.54, 1.807) is 12.1 Å². The number of halogens is 2. The minimum absolute atomic E-state index is 0.0839. The molecule has 0 saturated carbocycles. The molecule has 0 heterocycles. The van der Waals surface area contributed by atoms with Crippen molar-refractivity contribution < 1.29 is 22.0 Å². The van der Waals surface area contributed by atoms with Gasteiger partial charge in [-0.15, -0.1) is 0 Å². The van der Waals surface area contributed by atoms with Crippen molar-refractivity contribution in [2.75, 3.05) is 13.6 Å². The fraction of sp³-hybridized carbons (Fsp3) is 0.174. The average Bonchev–Trinajstić information content (AvgIpc) is 2.78. The Morgan fingerprint density at radius 3 is 1.90 bits per heavy atom. The molecule has 0 aliphatic rings. The molecule has 0 saturated heterocycles. The Morgan fingerprint density at radius 2 is 1.39 bits per heavy atom. The van der Waals surface area contributed by atoms with Gasteiger partial charge in [0.25, 0.3) is 0 Å². The normalized spacial score (nSPS) is 11.5. The lowest BCUT2D eigenvalue weighted by molar-refractivity contribution is -0.121. The number of carbonyl (C=O) groups is 1. The zero-order valence-corrected chi connectivity index (χ0v) is 17.7. The summed E-state index contributed by atoms with van der Waals surface area (Å²) in [5, 5.41) is 2.69. The zero-order chi connectivity index (χ0) is 22.4. The largest absolute Gasteiger partial charge is 0.351 e. The number of likely N-dealkylation sites (N-methyl/N-ethyl adjacent to an activating group) is 1. The molecule has 0 aromatic heterocycles. The molecule has 3 rings (SSSR count). The molecule has 3 aromatic rings. The minimum Gasteiger partial charge on any atom is -0.351 e. The van der Waals surface area contributed by atoms with E-state index >= 15 is 0 Å². The van der Waals surface area contributed by atoms with E-state index in [1.165, 1.54) is 7.05 Å². The highest BCUT2D eigenvalue weighted by Gasteiger charge is 2.22. The highest BCUT2D eigenvalue weighted by Crippen LogP contribution is 2.21. The summed E-state index contributed by atoms with van der Waals surface area (Å²) < 4.78 is 51.5. The molecule has 0 radical (unpaired) electrons. The summed E-state index contributed by atoms with van der Waals surface area (Å²) in [5.41, 5.74) is 3.39. The number of amides is 1. The highest BCUT2D eigenvalue weighted by atomic mass is 32.2. The molecule has 3 aromatic carbocycles. The van der Waals surface area contributed by atoms with Crippen LogP contribution >= 0.6 is 0 Å². The smallest absolute Gasteiger partial charge is 0.243 e. The summed E-state index contributed by atoms with van der Waals surface area (Å²) in [5.74, 6) is -0.999. The summed E-state index contributed by atoms with van der Waals surface area (Å²) in [6.07, 6.45) is 0. The Bertz CT molecular complexity index is 1130. The number of sulfonamides is 1. The van der Waals surface area contributed by atoms with Crippen molar-refractivity contribution in [1.82, 2.24) is 9.62 Å². The van der Waals surface area contributed by atoms with Crippen molar-refractivity contribution in [3.05, 3.63) is 89.7 Å². The Balaban J connectivity index is 1.55. The van der Waals surface area contributed by atoms with Gasteiger partial charge >= 0.3 is 0 Å². The van der Waals surface area contributed by atoms with Gasteiger partial charge in [-0.25, -0.2) is 17.2 Å². The van der Waals surface area contributed by atoms with Crippen molar-refractivity contribution in [2.45, 2.75) is 18.1 Å². The Kier molecular flexibility index (Phi) is 7.14. The maximum absolute atomic E-state index is 13.0. The number of benzene rings is 3. The van der Waals surface area contributed by atoms with Crippen molar-refractivity contribution in [3.8, 4) is 11.1 Å². The SMILES string of the molecule is CN(CC(=O)NCc1ccc(-c2ccc(CF)cc2)cc1)S(=O)(=O)c1ccc(F)cc1. The fourth-order valence-corrected chi connectivity index (χ4v) is 4.06. The maximum atomic E-state index is 13.0. The molecule has 162 valence electrons. The van der Waals surface area contributed by atoms with Crippen LogP contribution in [0, 0.1) is 5.82 Å². The van der Waals surface area contributed by atoms with Gasteiger partial charge in [0.05, 0.1) is 11.4 Å². The topological polar surface area (TPSA) is 66.5 Å². The lowest BCUT2D eigenvalue weighted by Crippen LogP contribution is -2.38. The molecule has 1 N–H and O–H groups in total. The number of hydrogen-bond donors (Lipinski definition) is 1. The number of nitrogens with zero attached hydrogens (tertiary/aromatic N) is 1. The summed E-state index contributed by atoms with van der Waals surface area (Å²) in [7, 11) is -2.60. The first kappa shape index (κ1) is 22.6. The maximum Gasteiger partial charge on any atom is 0.243 e. The van der Waals surface area contributed by atoms with Crippen LogP contribution in [0.25, 0.3) is 11.1 Å². The molecule has 0 spiro atoms. The number of hydrogen-bond acceptors (Lipinski definition) is 3. The Morgan fingerprint density at radius 1 is 0.871 bits per heavy atom. The number of nitrogens with one attached hydrogen (secondary N) is 1. The number of alkyl halides is 1. The monoisotopic (exact) mass is 444 g/mol. The van der Waals surface area contributed by atoms with Gasteiger partial charge < -0.3 is 5.32 Å². The molecular weight excluding hydrogens is 422 g/mol. The lowest BCUT2D eigenvalue weighted by atomic mass is 10.0.